The average molecular weight is 167 g/mol. The maximum Gasteiger partial charge on any atom is 0.382 e. The Morgan fingerprint density at radius 2 is 2.42 bits per heavy atom. The first-order valence-corrected chi connectivity index (χ1v) is 3.92. The normalized spacial score (nSPS) is 15.7. The van der Waals surface area contributed by atoms with Gasteiger partial charge in [0.2, 0.25) is 6.33 Å². The van der Waals surface area contributed by atoms with E-state index in [0.29, 0.717) is 12.3 Å². The minimum Gasteiger partial charge on any atom is -0.455 e. The molecule has 4 nitrogen and oxygen atoms in total. The highest BCUT2D eigenvalue weighted by atomic mass is 16.5. The quantitative estimate of drug-likeness (QED) is 0.396. The van der Waals surface area contributed by atoms with Crippen molar-refractivity contribution in [1.29, 1.82) is 0 Å². The summed E-state index contributed by atoms with van der Waals surface area (Å²) in [4.78, 5) is 11.3. The van der Waals surface area contributed by atoms with E-state index in [2.05, 4.69) is 0 Å². The summed E-state index contributed by atoms with van der Waals surface area (Å²) >= 11 is 0. The van der Waals surface area contributed by atoms with Crippen molar-refractivity contribution in [2.75, 3.05) is 6.61 Å². The lowest BCUT2D eigenvalue weighted by Gasteiger charge is -2.08. The Balaban J connectivity index is 2.61. The van der Waals surface area contributed by atoms with E-state index in [-0.39, 0.29) is 5.97 Å². The van der Waals surface area contributed by atoms with E-state index in [9.17, 15) is 4.79 Å². The summed E-state index contributed by atoms with van der Waals surface area (Å²) in [5, 5.41) is 0. The fraction of sp³-hybridized carbons (Fsp3) is 0.500. The van der Waals surface area contributed by atoms with Gasteiger partial charge in [0.15, 0.2) is 5.69 Å². The molecule has 0 saturated carbocycles. The van der Waals surface area contributed by atoms with Gasteiger partial charge in [-0.2, -0.15) is 0 Å². The lowest BCUT2D eigenvalue weighted by molar-refractivity contribution is -0.704. The smallest absolute Gasteiger partial charge is 0.382 e. The van der Waals surface area contributed by atoms with Crippen LogP contribution in [0.3, 0.4) is 0 Å². The van der Waals surface area contributed by atoms with Gasteiger partial charge in [-0.1, -0.05) is 0 Å². The van der Waals surface area contributed by atoms with Gasteiger partial charge < -0.3 is 4.74 Å². The molecule has 0 N–H and O–H groups in total. The molecule has 0 aromatic carbocycles. The highest BCUT2D eigenvalue weighted by Crippen LogP contribution is 2.07. The molecule has 0 fully saturated rings. The fourth-order valence-electron chi connectivity index (χ4n) is 1.47. The molecule has 1 aromatic heterocycles. The predicted octanol–water partition coefficient (Wildman–Crippen LogP) is -0.209. The van der Waals surface area contributed by atoms with Crippen LogP contribution in [0.15, 0.2) is 6.33 Å². The van der Waals surface area contributed by atoms with Gasteiger partial charge in [-0.25, -0.2) is 13.9 Å². The van der Waals surface area contributed by atoms with Crippen LogP contribution in [0, 0.1) is 6.92 Å². The van der Waals surface area contributed by atoms with Gasteiger partial charge in [0.1, 0.15) is 13.2 Å². The number of esters is 1. The number of carbonyl (C=O) groups excluding carboxylic acids is 1. The van der Waals surface area contributed by atoms with Crippen molar-refractivity contribution in [3.05, 3.63) is 17.7 Å². The van der Waals surface area contributed by atoms with Crippen LogP contribution in [-0.4, -0.2) is 17.1 Å². The summed E-state index contributed by atoms with van der Waals surface area (Å²) in [7, 11) is 1.92. The summed E-state index contributed by atoms with van der Waals surface area (Å²) in [6.07, 6.45) is 1.92. The van der Waals surface area contributed by atoms with Crippen LogP contribution in [-0.2, 0) is 18.3 Å². The molecule has 0 bridgehead atoms. The van der Waals surface area contributed by atoms with Crippen molar-refractivity contribution in [2.45, 2.75) is 13.5 Å². The molecule has 0 spiro atoms. The van der Waals surface area contributed by atoms with Gasteiger partial charge in [0.25, 0.3) is 5.69 Å². The molecule has 12 heavy (non-hydrogen) atoms. The summed E-state index contributed by atoms with van der Waals surface area (Å²) in [6, 6.07) is 0. The molecule has 4 heteroatoms. The molecule has 1 aromatic rings. The second kappa shape index (κ2) is 2.33. The van der Waals surface area contributed by atoms with Crippen LogP contribution in [0.25, 0.3) is 0 Å². The van der Waals surface area contributed by atoms with E-state index in [1.54, 1.807) is 0 Å². The Hall–Kier alpha value is -1.32. The van der Waals surface area contributed by atoms with Gasteiger partial charge in [-0.05, 0) is 0 Å². The Morgan fingerprint density at radius 1 is 1.67 bits per heavy atom. The van der Waals surface area contributed by atoms with E-state index >= 15 is 0 Å². The molecule has 0 saturated heterocycles. The number of hydrogen-bond donors (Lipinski definition) is 0. The third kappa shape index (κ3) is 0.841. The first-order chi connectivity index (χ1) is 5.70. The number of nitrogens with zero attached hydrogens (tertiary/aromatic N) is 2. The molecule has 0 radical (unpaired) electrons. The zero-order valence-corrected chi connectivity index (χ0v) is 7.20. The van der Waals surface area contributed by atoms with Crippen molar-refractivity contribution >= 4 is 5.97 Å². The van der Waals surface area contributed by atoms with Crippen LogP contribution < -0.4 is 4.57 Å². The molecular formula is C8H11N2O2+. The molecular weight excluding hydrogens is 156 g/mol. The molecule has 2 rings (SSSR count). The largest absolute Gasteiger partial charge is 0.455 e. The topological polar surface area (TPSA) is 35.1 Å². The van der Waals surface area contributed by atoms with E-state index in [1.165, 1.54) is 0 Å². The van der Waals surface area contributed by atoms with Gasteiger partial charge >= 0.3 is 5.97 Å². The number of aromatic nitrogens is 2. The Kier molecular flexibility index (Phi) is 1.43. The number of imidazole rings is 1. The minimum absolute atomic E-state index is 0.209. The second-order valence-corrected chi connectivity index (χ2v) is 2.99. The SMILES string of the molecule is Cc1c2[n+](cn1C)CCOC2=O. The van der Waals surface area contributed by atoms with Crippen LogP contribution >= 0.6 is 0 Å². The van der Waals surface area contributed by atoms with Crippen LogP contribution in [0.5, 0.6) is 0 Å². The first kappa shape index (κ1) is 7.34. The third-order valence-electron chi connectivity index (χ3n) is 2.23. The number of fused-ring (bicyclic) bond motifs is 1. The highest BCUT2D eigenvalue weighted by molar-refractivity contribution is 5.87. The number of cyclic esters (lactones) is 1. The Morgan fingerprint density at radius 3 is 3.08 bits per heavy atom. The lowest BCUT2D eigenvalue weighted by Crippen LogP contribution is -2.45. The fourth-order valence-corrected chi connectivity index (χ4v) is 1.47. The van der Waals surface area contributed by atoms with Crippen molar-refractivity contribution in [2.24, 2.45) is 7.05 Å². The number of aryl methyl sites for hydroxylation is 1. The summed E-state index contributed by atoms with van der Waals surface area (Å²) in [6.45, 7) is 3.17. The van der Waals surface area contributed by atoms with Crippen LogP contribution in [0.1, 0.15) is 16.2 Å². The zero-order valence-electron chi connectivity index (χ0n) is 7.20. The van der Waals surface area contributed by atoms with Gasteiger partial charge in [-0.15, -0.1) is 0 Å². The molecule has 0 amide bonds. The minimum atomic E-state index is -0.209. The molecule has 64 valence electrons. The van der Waals surface area contributed by atoms with Gasteiger partial charge in [0.05, 0.1) is 7.05 Å². The lowest BCUT2D eigenvalue weighted by atomic mass is 10.3. The molecule has 1 aliphatic heterocycles. The second-order valence-electron chi connectivity index (χ2n) is 2.99. The Bertz CT molecular complexity index is 341. The Labute approximate surface area is 70.4 Å². The van der Waals surface area contributed by atoms with Gasteiger partial charge in [-0.3, -0.25) is 0 Å². The average Bonchev–Trinajstić information content (AvgIpc) is 2.29. The molecule has 2 heterocycles. The number of carbonyl (C=O) groups is 1. The van der Waals surface area contributed by atoms with E-state index in [1.807, 2.05) is 29.4 Å². The van der Waals surface area contributed by atoms with Crippen molar-refractivity contribution in [1.82, 2.24) is 4.57 Å². The number of hydrogen-bond acceptors (Lipinski definition) is 2. The number of ether oxygens (including phenoxy) is 1. The van der Waals surface area contributed by atoms with Crippen LogP contribution in [0.2, 0.25) is 0 Å². The standard InChI is InChI=1S/C8H11N2O2/c1-6-7-8(11)12-4-3-10(7)5-9(6)2/h5H,3-4H2,1-2H3/q+1. The molecule has 1 aliphatic rings. The number of rotatable bonds is 0. The first-order valence-electron chi connectivity index (χ1n) is 3.92. The van der Waals surface area contributed by atoms with E-state index in [4.69, 9.17) is 4.74 Å². The van der Waals surface area contributed by atoms with Crippen molar-refractivity contribution in [3.63, 3.8) is 0 Å². The maximum atomic E-state index is 11.3. The van der Waals surface area contributed by atoms with E-state index < -0.39 is 0 Å². The van der Waals surface area contributed by atoms with Crippen molar-refractivity contribution in [3.8, 4) is 0 Å². The zero-order chi connectivity index (χ0) is 8.72. The summed E-state index contributed by atoms with van der Waals surface area (Å²) in [5.74, 6) is -0.209. The monoisotopic (exact) mass is 167 g/mol. The molecule has 0 atom stereocenters. The summed E-state index contributed by atoms with van der Waals surface area (Å²) in [5.41, 5.74) is 1.64. The molecule has 0 unspecified atom stereocenters. The third-order valence-corrected chi connectivity index (χ3v) is 2.23. The van der Waals surface area contributed by atoms with Crippen LogP contribution in [0.4, 0.5) is 0 Å². The van der Waals surface area contributed by atoms with E-state index in [0.717, 1.165) is 12.2 Å². The predicted molar refractivity (Wildman–Crippen MR) is 40.6 cm³/mol. The highest BCUT2D eigenvalue weighted by Gasteiger charge is 2.29. The van der Waals surface area contributed by atoms with Crippen molar-refractivity contribution < 1.29 is 14.1 Å². The maximum absolute atomic E-state index is 11.3. The summed E-state index contributed by atoms with van der Waals surface area (Å²) < 4.78 is 8.79. The van der Waals surface area contributed by atoms with Gasteiger partial charge in [0, 0.05) is 6.92 Å². The molecule has 0 aliphatic carbocycles.